The van der Waals surface area contributed by atoms with Crippen molar-refractivity contribution >= 4 is 11.6 Å². The molecule has 19 heavy (non-hydrogen) atoms. The average Bonchev–Trinajstić information content (AvgIpc) is 2.84. The van der Waals surface area contributed by atoms with Crippen LogP contribution >= 0.6 is 0 Å². The summed E-state index contributed by atoms with van der Waals surface area (Å²) < 4.78 is 0. The minimum absolute atomic E-state index is 0.148. The average molecular weight is 258 g/mol. The summed E-state index contributed by atoms with van der Waals surface area (Å²) in [6.45, 7) is 5.67. The second kappa shape index (κ2) is 6.15. The zero-order valence-electron chi connectivity index (χ0n) is 11.2. The Balaban J connectivity index is 2.00. The van der Waals surface area contributed by atoms with E-state index in [0.717, 1.165) is 24.5 Å². The van der Waals surface area contributed by atoms with Crippen LogP contribution in [-0.2, 0) is 6.54 Å². The highest BCUT2D eigenvalue weighted by atomic mass is 16.1. The van der Waals surface area contributed by atoms with Gasteiger partial charge < -0.3 is 10.6 Å². The van der Waals surface area contributed by atoms with Gasteiger partial charge in [0.1, 0.15) is 0 Å². The Hall–Kier alpha value is -2.14. The summed E-state index contributed by atoms with van der Waals surface area (Å²) in [4.78, 5) is 12.0. The fraction of sp³-hybridized carbons (Fsp3) is 0.286. The van der Waals surface area contributed by atoms with E-state index in [1.807, 2.05) is 31.2 Å². The van der Waals surface area contributed by atoms with Crippen LogP contribution in [-0.4, -0.2) is 22.6 Å². The largest absolute Gasteiger partial charge is 0.322 e. The quantitative estimate of drug-likeness (QED) is 0.769. The highest BCUT2D eigenvalue weighted by molar-refractivity contribution is 6.04. The molecule has 0 fully saturated rings. The Bertz CT molecular complexity index is 545. The van der Waals surface area contributed by atoms with Gasteiger partial charge in [-0.1, -0.05) is 19.1 Å². The lowest BCUT2D eigenvalue weighted by Crippen LogP contribution is -2.13. The van der Waals surface area contributed by atoms with Crippen molar-refractivity contribution in [3.8, 4) is 0 Å². The highest BCUT2D eigenvalue weighted by Gasteiger charge is 2.10. The molecule has 0 spiro atoms. The molecule has 0 bridgehead atoms. The van der Waals surface area contributed by atoms with Crippen molar-refractivity contribution in [2.24, 2.45) is 0 Å². The van der Waals surface area contributed by atoms with Gasteiger partial charge in [0.05, 0.1) is 11.8 Å². The van der Waals surface area contributed by atoms with E-state index in [1.54, 1.807) is 0 Å². The summed E-state index contributed by atoms with van der Waals surface area (Å²) in [5, 5.41) is 12.7. The number of H-pyrrole nitrogens is 1. The number of anilines is 1. The molecule has 1 heterocycles. The van der Waals surface area contributed by atoms with Gasteiger partial charge in [-0.25, -0.2) is 0 Å². The molecule has 2 aromatic rings. The number of hydrogen-bond acceptors (Lipinski definition) is 3. The molecule has 1 aromatic heterocycles. The maximum absolute atomic E-state index is 12.0. The van der Waals surface area contributed by atoms with Gasteiger partial charge in [0, 0.05) is 17.9 Å². The summed E-state index contributed by atoms with van der Waals surface area (Å²) in [5.74, 6) is -0.148. The first kappa shape index (κ1) is 13.3. The van der Waals surface area contributed by atoms with Gasteiger partial charge in [0.15, 0.2) is 0 Å². The first-order chi connectivity index (χ1) is 9.20. The molecule has 0 saturated carbocycles. The van der Waals surface area contributed by atoms with E-state index in [2.05, 4.69) is 27.8 Å². The van der Waals surface area contributed by atoms with E-state index in [-0.39, 0.29) is 5.91 Å². The van der Waals surface area contributed by atoms with E-state index in [1.165, 1.54) is 11.8 Å². The van der Waals surface area contributed by atoms with Crippen LogP contribution in [0, 0.1) is 6.92 Å². The number of nitrogens with one attached hydrogen (secondary N) is 3. The lowest BCUT2D eigenvalue weighted by molar-refractivity contribution is 0.102. The van der Waals surface area contributed by atoms with Crippen LogP contribution in [0.5, 0.6) is 0 Å². The Labute approximate surface area is 112 Å². The molecule has 5 heteroatoms. The molecular weight excluding hydrogens is 240 g/mol. The Morgan fingerprint density at radius 1 is 1.32 bits per heavy atom. The first-order valence-corrected chi connectivity index (χ1v) is 6.31. The Morgan fingerprint density at radius 3 is 2.63 bits per heavy atom. The monoisotopic (exact) mass is 258 g/mol. The van der Waals surface area contributed by atoms with Crippen LogP contribution in [0.4, 0.5) is 5.69 Å². The molecule has 0 atom stereocenters. The SMILES string of the molecule is CCNCc1ccc(NC(=O)c2cn[nH]c2C)cc1. The fourth-order valence-electron chi connectivity index (χ4n) is 1.75. The molecule has 0 radical (unpaired) electrons. The normalized spacial score (nSPS) is 10.4. The summed E-state index contributed by atoms with van der Waals surface area (Å²) in [5.41, 5.74) is 3.31. The summed E-state index contributed by atoms with van der Waals surface area (Å²) in [6, 6.07) is 7.81. The molecule has 2 rings (SSSR count). The van der Waals surface area contributed by atoms with Crippen molar-refractivity contribution in [2.75, 3.05) is 11.9 Å². The van der Waals surface area contributed by atoms with Crippen LogP contribution in [0.3, 0.4) is 0 Å². The third-order valence-corrected chi connectivity index (χ3v) is 2.87. The lowest BCUT2D eigenvalue weighted by atomic mass is 10.2. The molecule has 0 aliphatic rings. The predicted molar refractivity (Wildman–Crippen MR) is 75.1 cm³/mol. The van der Waals surface area contributed by atoms with E-state index < -0.39 is 0 Å². The third kappa shape index (κ3) is 3.42. The topological polar surface area (TPSA) is 69.8 Å². The molecular formula is C14H18N4O. The second-order valence-electron chi connectivity index (χ2n) is 4.34. The zero-order valence-corrected chi connectivity index (χ0v) is 11.2. The van der Waals surface area contributed by atoms with Crippen LogP contribution in [0.25, 0.3) is 0 Å². The Kier molecular flexibility index (Phi) is 4.30. The van der Waals surface area contributed by atoms with Gasteiger partial charge >= 0.3 is 0 Å². The number of hydrogen-bond donors (Lipinski definition) is 3. The zero-order chi connectivity index (χ0) is 13.7. The summed E-state index contributed by atoms with van der Waals surface area (Å²) >= 11 is 0. The maximum atomic E-state index is 12.0. The van der Waals surface area contributed by atoms with E-state index >= 15 is 0 Å². The van der Waals surface area contributed by atoms with Gasteiger partial charge in [0.25, 0.3) is 5.91 Å². The minimum atomic E-state index is -0.148. The highest BCUT2D eigenvalue weighted by Crippen LogP contribution is 2.12. The number of amides is 1. The minimum Gasteiger partial charge on any atom is -0.322 e. The van der Waals surface area contributed by atoms with Crippen molar-refractivity contribution < 1.29 is 4.79 Å². The van der Waals surface area contributed by atoms with E-state index in [9.17, 15) is 4.79 Å². The first-order valence-electron chi connectivity index (χ1n) is 6.31. The van der Waals surface area contributed by atoms with Crippen LogP contribution < -0.4 is 10.6 Å². The van der Waals surface area contributed by atoms with Crippen LogP contribution in [0.15, 0.2) is 30.5 Å². The number of benzene rings is 1. The number of aromatic nitrogens is 2. The molecule has 1 aromatic carbocycles. The molecule has 0 unspecified atom stereocenters. The van der Waals surface area contributed by atoms with Crippen LogP contribution in [0.1, 0.15) is 28.5 Å². The smallest absolute Gasteiger partial charge is 0.259 e. The number of carbonyl (C=O) groups excluding carboxylic acids is 1. The maximum Gasteiger partial charge on any atom is 0.259 e. The van der Waals surface area contributed by atoms with Gasteiger partial charge in [-0.3, -0.25) is 9.89 Å². The second-order valence-corrected chi connectivity index (χ2v) is 4.34. The summed E-state index contributed by atoms with van der Waals surface area (Å²) in [7, 11) is 0. The molecule has 100 valence electrons. The molecule has 3 N–H and O–H groups in total. The number of rotatable bonds is 5. The van der Waals surface area contributed by atoms with Crippen molar-refractivity contribution in [2.45, 2.75) is 20.4 Å². The molecule has 0 aliphatic carbocycles. The van der Waals surface area contributed by atoms with Crippen LogP contribution in [0.2, 0.25) is 0 Å². The van der Waals surface area contributed by atoms with Crippen molar-refractivity contribution in [1.82, 2.24) is 15.5 Å². The number of nitrogens with zero attached hydrogens (tertiary/aromatic N) is 1. The van der Waals surface area contributed by atoms with Gasteiger partial charge in [0.2, 0.25) is 0 Å². The number of carbonyl (C=O) groups is 1. The van der Waals surface area contributed by atoms with Gasteiger partial charge in [-0.05, 0) is 31.2 Å². The summed E-state index contributed by atoms with van der Waals surface area (Å²) in [6.07, 6.45) is 1.53. The lowest BCUT2D eigenvalue weighted by Gasteiger charge is -2.06. The number of aryl methyl sites for hydroxylation is 1. The van der Waals surface area contributed by atoms with Crippen molar-refractivity contribution in [3.05, 3.63) is 47.3 Å². The number of aromatic amines is 1. The molecule has 5 nitrogen and oxygen atoms in total. The van der Waals surface area contributed by atoms with E-state index in [4.69, 9.17) is 0 Å². The fourth-order valence-corrected chi connectivity index (χ4v) is 1.75. The van der Waals surface area contributed by atoms with E-state index in [0.29, 0.717) is 5.56 Å². The van der Waals surface area contributed by atoms with Crippen molar-refractivity contribution in [3.63, 3.8) is 0 Å². The van der Waals surface area contributed by atoms with Gasteiger partial charge in [-0.2, -0.15) is 5.10 Å². The standard InChI is InChI=1S/C14H18N4O/c1-3-15-8-11-4-6-12(7-5-11)17-14(19)13-9-16-18-10(13)2/h4-7,9,15H,3,8H2,1-2H3,(H,16,18)(H,17,19). The van der Waals surface area contributed by atoms with Crippen molar-refractivity contribution in [1.29, 1.82) is 0 Å². The van der Waals surface area contributed by atoms with Gasteiger partial charge in [-0.15, -0.1) is 0 Å². The Morgan fingerprint density at radius 2 is 2.05 bits per heavy atom. The third-order valence-electron chi connectivity index (χ3n) is 2.87. The predicted octanol–water partition coefficient (Wildman–Crippen LogP) is 2.08. The molecule has 0 saturated heterocycles. The molecule has 0 aliphatic heterocycles. The molecule has 1 amide bonds.